The predicted molar refractivity (Wildman–Crippen MR) is 82.7 cm³/mol. The summed E-state index contributed by atoms with van der Waals surface area (Å²) in [5.41, 5.74) is 1.51. The Morgan fingerprint density at radius 1 is 0.833 bits per heavy atom. The number of halogens is 2. The monoisotopic (exact) mass is 296 g/mol. The Balaban J connectivity index is 2.08. The predicted octanol–water partition coefficient (Wildman–Crippen LogP) is 4.80. The molecule has 0 unspecified atom stereocenters. The molecule has 0 radical (unpaired) electrons. The van der Waals surface area contributed by atoms with Gasteiger partial charge in [0.25, 0.3) is 0 Å². The molecule has 0 fully saturated rings. The van der Waals surface area contributed by atoms with Crippen molar-refractivity contribution < 1.29 is 0 Å². The summed E-state index contributed by atoms with van der Waals surface area (Å²) in [6.45, 7) is 0. The Morgan fingerprint density at radius 3 is 2.06 bits per heavy atom. The van der Waals surface area contributed by atoms with E-state index in [4.69, 9.17) is 35.4 Å². The Bertz CT molecular complexity index is 538. The molecule has 0 aliphatic rings. The summed E-state index contributed by atoms with van der Waals surface area (Å²) in [4.78, 5) is 0. The van der Waals surface area contributed by atoms with E-state index in [1.54, 1.807) is 18.2 Å². The first-order valence-corrected chi connectivity index (χ1v) is 6.40. The number of benzene rings is 2. The first-order chi connectivity index (χ1) is 8.66. The average Bonchev–Trinajstić information content (AvgIpc) is 2.35. The molecule has 92 valence electrons. The molecule has 0 spiro atoms. The smallest absolute Gasteiger partial charge is 0.175 e. The lowest BCUT2D eigenvalue weighted by Crippen LogP contribution is -2.19. The average molecular weight is 297 g/mol. The van der Waals surface area contributed by atoms with Gasteiger partial charge in [0.15, 0.2) is 5.11 Å². The summed E-state index contributed by atoms with van der Waals surface area (Å²) < 4.78 is 0. The van der Waals surface area contributed by atoms with Crippen molar-refractivity contribution >= 4 is 51.9 Å². The lowest BCUT2D eigenvalue weighted by Gasteiger charge is -2.12. The van der Waals surface area contributed by atoms with Gasteiger partial charge in [0.1, 0.15) is 0 Å². The molecule has 0 heterocycles. The van der Waals surface area contributed by atoms with Crippen molar-refractivity contribution in [2.24, 2.45) is 0 Å². The fourth-order valence-electron chi connectivity index (χ4n) is 1.41. The van der Waals surface area contributed by atoms with E-state index < -0.39 is 0 Å². The second kappa shape index (κ2) is 6.05. The number of anilines is 2. The van der Waals surface area contributed by atoms with Crippen LogP contribution in [0.25, 0.3) is 0 Å². The Hall–Kier alpha value is -1.29. The van der Waals surface area contributed by atoms with Gasteiger partial charge in [-0.05, 0) is 36.5 Å². The van der Waals surface area contributed by atoms with Crippen LogP contribution in [0.5, 0.6) is 0 Å². The van der Waals surface area contributed by atoms with Crippen LogP contribution in [0, 0.1) is 0 Å². The molecule has 2 N–H and O–H groups in total. The zero-order chi connectivity index (χ0) is 13.0. The normalized spacial score (nSPS) is 9.89. The second-order valence-electron chi connectivity index (χ2n) is 3.54. The summed E-state index contributed by atoms with van der Waals surface area (Å²) in [5, 5.41) is 7.53. The van der Waals surface area contributed by atoms with E-state index in [9.17, 15) is 0 Å². The van der Waals surface area contributed by atoms with E-state index in [0.717, 1.165) is 5.69 Å². The van der Waals surface area contributed by atoms with Crippen LogP contribution in [-0.2, 0) is 0 Å². The van der Waals surface area contributed by atoms with Gasteiger partial charge in [-0.15, -0.1) is 0 Å². The number of para-hydroxylation sites is 2. The van der Waals surface area contributed by atoms with Gasteiger partial charge in [-0.25, -0.2) is 0 Å². The minimum Gasteiger partial charge on any atom is -0.332 e. The third-order valence-corrected chi connectivity index (χ3v) is 3.07. The summed E-state index contributed by atoms with van der Waals surface area (Å²) in [6.07, 6.45) is 0. The fraction of sp³-hybridized carbons (Fsp3) is 0. The summed E-state index contributed by atoms with van der Waals surface area (Å²) >= 11 is 17.3. The van der Waals surface area contributed by atoms with Gasteiger partial charge in [0.05, 0.1) is 15.7 Å². The quantitative estimate of drug-likeness (QED) is 0.778. The van der Waals surface area contributed by atoms with E-state index in [1.807, 2.05) is 30.3 Å². The number of hydrogen-bond acceptors (Lipinski definition) is 1. The van der Waals surface area contributed by atoms with Gasteiger partial charge in [-0.2, -0.15) is 0 Å². The van der Waals surface area contributed by atoms with Gasteiger partial charge in [0.2, 0.25) is 0 Å². The van der Waals surface area contributed by atoms with Gasteiger partial charge in [-0.1, -0.05) is 47.5 Å². The van der Waals surface area contributed by atoms with Gasteiger partial charge >= 0.3 is 0 Å². The van der Waals surface area contributed by atoms with Gasteiger partial charge in [-0.3, -0.25) is 0 Å². The van der Waals surface area contributed by atoms with E-state index in [0.29, 0.717) is 20.8 Å². The van der Waals surface area contributed by atoms with Crippen LogP contribution in [0.4, 0.5) is 11.4 Å². The van der Waals surface area contributed by atoms with Crippen molar-refractivity contribution in [1.29, 1.82) is 0 Å². The molecule has 2 aromatic rings. The molecule has 0 aliphatic heterocycles. The van der Waals surface area contributed by atoms with Crippen LogP contribution in [0.1, 0.15) is 0 Å². The van der Waals surface area contributed by atoms with E-state index in [-0.39, 0.29) is 0 Å². The van der Waals surface area contributed by atoms with E-state index in [1.165, 1.54) is 0 Å². The number of thiocarbonyl (C=S) groups is 1. The van der Waals surface area contributed by atoms with Crippen LogP contribution < -0.4 is 10.6 Å². The molecule has 5 heteroatoms. The number of hydrogen-bond donors (Lipinski definition) is 2. The third kappa shape index (κ3) is 3.35. The highest BCUT2D eigenvalue weighted by Crippen LogP contribution is 2.29. The number of nitrogens with one attached hydrogen (secondary N) is 2. The van der Waals surface area contributed by atoms with Gasteiger partial charge in [0, 0.05) is 5.69 Å². The summed E-state index contributed by atoms with van der Waals surface area (Å²) in [5.74, 6) is 0. The molecule has 0 saturated carbocycles. The molecule has 0 amide bonds. The maximum Gasteiger partial charge on any atom is 0.175 e. The largest absolute Gasteiger partial charge is 0.332 e. The van der Waals surface area contributed by atoms with Crippen molar-refractivity contribution in [2.75, 3.05) is 10.6 Å². The van der Waals surface area contributed by atoms with Crippen molar-refractivity contribution in [3.8, 4) is 0 Å². The second-order valence-corrected chi connectivity index (χ2v) is 4.76. The maximum absolute atomic E-state index is 6.04. The van der Waals surface area contributed by atoms with Crippen LogP contribution in [0.15, 0.2) is 48.5 Å². The van der Waals surface area contributed by atoms with Crippen LogP contribution in [-0.4, -0.2) is 5.11 Å². The van der Waals surface area contributed by atoms with Crippen molar-refractivity contribution in [3.05, 3.63) is 58.6 Å². The third-order valence-electron chi connectivity index (χ3n) is 2.23. The van der Waals surface area contributed by atoms with Crippen LogP contribution in [0.3, 0.4) is 0 Å². The molecule has 2 aromatic carbocycles. The molecule has 2 rings (SSSR count). The first-order valence-electron chi connectivity index (χ1n) is 5.24. The molecular weight excluding hydrogens is 287 g/mol. The fourth-order valence-corrected chi connectivity index (χ4v) is 2.13. The Kier molecular flexibility index (Phi) is 4.42. The van der Waals surface area contributed by atoms with E-state index >= 15 is 0 Å². The van der Waals surface area contributed by atoms with E-state index in [2.05, 4.69) is 10.6 Å². The van der Waals surface area contributed by atoms with Crippen molar-refractivity contribution in [2.45, 2.75) is 0 Å². The van der Waals surface area contributed by atoms with Crippen molar-refractivity contribution in [3.63, 3.8) is 0 Å². The summed E-state index contributed by atoms with van der Waals surface area (Å²) in [6, 6.07) is 14.9. The maximum atomic E-state index is 6.04. The standard InChI is InChI=1S/C13H10Cl2N2S/c14-10-7-4-8-11(15)12(10)17-13(18)16-9-5-2-1-3-6-9/h1-8H,(H2,16,17,18). The Morgan fingerprint density at radius 2 is 1.44 bits per heavy atom. The molecule has 0 saturated heterocycles. The molecule has 18 heavy (non-hydrogen) atoms. The minimum atomic E-state index is 0.441. The molecule has 0 bridgehead atoms. The topological polar surface area (TPSA) is 24.1 Å². The zero-order valence-corrected chi connectivity index (χ0v) is 11.6. The van der Waals surface area contributed by atoms with Crippen LogP contribution in [0.2, 0.25) is 10.0 Å². The van der Waals surface area contributed by atoms with Crippen molar-refractivity contribution in [1.82, 2.24) is 0 Å². The van der Waals surface area contributed by atoms with Crippen LogP contribution >= 0.6 is 35.4 Å². The first kappa shape index (κ1) is 13.1. The zero-order valence-electron chi connectivity index (χ0n) is 9.28. The van der Waals surface area contributed by atoms with Gasteiger partial charge < -0.3 is 10.6 Å². The highest BCUT2D eigenvalue weighted by Gasteiger charge is 2.06. The lowest BCUT2D eigenvalue weighted by molar-refractivity contribution is 1.59. The lowest BCUT2D eigenvalue weighted by atomic mass is 10.3. The Labute approximate surface area is 121 Å². The highest BCUT2D eigenvalue weighted by atomic mass is 35.5. The molecule has 0 aromatic heterocycles. The molecular formula is C13H10Cl2N2S. The molecule has 2 nitrogen and oxygen atoms in total. The summed E-state index contributed by atoms with van der Waals surface area (Å²) in [7, 11) is 0. The SMILES string of the molecule is S=C(Nc1ccccc1)Nc1c(Cl)cccc1Cl. The molecule has 0 aliphatic carbocycles. The minimum absolute atomic E-state index is 0.441. The molecule has 0 atom stereocenters. The highest BCUT2D eigenvalue weighted by molar-refractivity contribution is 7.80. The number of rotatable bonds is 2.